The van der Waals surface area contributed by atoms with Crippen LogP contribution in [0.15, 0.2) is 17.5 Å². The lowest BCUT2D eigenvalue weighted by Crippen LogP contribution is -2.37. The van der Waals surface area contributed by atoms with Crippen molar-refractivity contribution in [3.8, 4) is 0 Å². The highest BCUT2D eigenvalue weighted by Gasteiger charge is 2.28. The molecule has 4 heteroatoms. The summed E-state index contributed by atoms with van der Waals surface area (Å²) in [6.45, 7) is 2.67. The van der Waals surface area contributed by atoms with Crippen molar-refractivity contribution >= 4 is 17.2 Å². The third-order valence-electron chi connectivity index (χ3n) is 3.70. The van der Waals surface area contributed by atoms with Gasteiger partial charge in [-0.2, -0.15) is 0 Å². The normalized spacial score (nSPS) is 20.7. The molecule has 1 fully saturated rings. The quantitative estimate of drug-likeness (QED) is 0.871. The van der Waals surface area contributed by atoms with Crippen molar-refractivity contribution < 1.29 is 9.90 Å². The molecular weight excluding hydrogens is 258 g/mol. The van der Waals surface area contributed by atoms with E-state index in [1.165, 1.54) is 4.88 Å². The molecule has 106 valence electrons. The first-order chi connectivity index (χ1) is 9.16. The highest BCUT2D eigenvalue weighted by atomic mass is 32.1. The van der Waals surface area contributed by atoms with Gasteiger partial charge in [-0.25, -0.2) is 0 Å². The summed E-state index contributed by atoms with van der Waals surface area (Å²) in [6.07, 6.45) is 5.08. The number of rotatable bonds is 6. The Hall–Kier alpha value is -0.870. The number of aliphatic hydroxyl groups excluding tert-OH is 1. The summed E-state index contributed by atoms with van der Waals surface area (Å²) in [7, 11) is 0. The first kappa shape index (κ1) is 14.5. The second kappa shape index (κ2) is 7.06. The van der Waals surface area contributed by atoms with Crippen molar-refractivity contribution in [2.24, 2.45) is 0 Å². The second-order valence-corrected chi connectivity index (χ2v) is 6.43. The van der Waals surface area contributed by atoms with Gasteiger partial charge in [-0.15, -0.1) is 11.3 Å². The number of thiophene rings is 1. The first-order valence-corrected chi connectivity index (χ1v) is 8.04. The van der Waals surface area contributed by atoms with E-state index in [9.17, 15) is 9.90 Å². The standard InChI is InChI=1S/C15H23NO2S/c1-12(17)11-13-5-3-9-16(13)15(18)8-2-6-14-7-4-10-19-14/h4,7,10,12-13,17H,2-3,5-6,8-9,11H2,1H3. The van der Waals surface area contributed by atoms with Crippen LogP contribution in [0.3, 0.4) is 0 Å². The lowest BCUT2D eigenvalue weighted by Gasteiger charge is -2.25. The summed E-state index contributed by atoms with van der Waals surface area (Å²) < 4.78 is 0. The van der Waals surface area contributed by atoms with Gasteiger partial charge >= 0.3 is 0 Å². The molecule has 3 nitrogen and oxygen atoms in total. The van der Waals surface area contributed by atoms with Crippen LogP contribution in [0.25, 0.3) is 0 Å². The van der Waals surface area contributed by atoms with E-state index in [0.29, 0.717) is 6.42 Å². The average Bonchev–Trinajstić information content (AvgIpc) is 2.99. The van der Waals surface area contributed by atoms with Crippen LogP contribution in [-0.4, -0.2) is 34.6 Å². The third-order valence-corrected chi connectivity index (χ3v) is 4.64. The number of carbonyl (C=O) groups excluding carboxylic acids is 1. The number of hydrogen-bond donors (Lipinski definition) is 1. The lowest BCUT2D eigenvalue weighted by molar-refractivity contribution is -0.132. The topological polar surface area (TPSA) is 40.5 Å². The molecule has 1 saturated heterocycles. The van der Waals surface area contributed by atoms with Crippen LogP contribution in [0.4, 0.5) is 0 Å². The van der Waals surface area contributed by atoms with E-state index in [2.05, 4.69) is 17.5 Å². The highest BCUT2D eigenvalue weighted by Crippen LogP contribution is 2.23. The van der Waals surface area contributed by atoms with Crippen molar-refractivity contribution in [2.45, 2.75) is 57.6 Å². The molecule has 1 N–H and O–H groups in total. The fourth-order valence-electron chi connectivity index (χ4n) is 2.82. The van der Waals surface area contributed by atoms with Gasteiger partial charge in [-0.05, 0) is 50.5 Å². The van der Waals surface area contributed by atoms with Gasteiger partial charge in [0.05, 0.1) is 6.10 Å². The van der Waals surface area contributed by atoms with Crippen LogP contribution in [0.2, 0.25) is 0 Å². The van der Waals surface area contributed by atoms with Crippen molar-refractivity contribution in [1.82, 2.24) is 4.90 Å². The number of aryl methyl sites for hydroxylation is 1. The molecule has 1 aromatic rings. The molecule has 2 atom stereocenters. The van der Waals surface area contributed by atoms with Gasteiger partial charge in [0.2, 0.25) is 5.91 Å². The van der Waals surface area contributed by atoms with Gasteiger partial charge < -0.3 is 10.0 Å². The molecule has 1 aromatic heterocycles. The van der Waals surface area contributed by atoms with Crippen molar-refractivity contribution in [3.63, 3.8) is 0 Å². The van der Waals surface area contributed by atoms with E-state index in [1.807, 2.05) is 4.90 Å². The molecule has 1 aliphatic heterocycles. The van der Waals surface area contributed by atoms with Gasteiger partial charge in [-0.1, -0.05) is 6.07 Å². The van der Waals surface area contributed by atoms with Crippen LogP contribution in [0.1, 0.15) is 43.9 Å². The Morgan fingerprint density at radius 1 is 1.63 bits per heavy atom. The zero-order valence-electron chi connectivity index (χ0n) is 11.5. The molecule has 2 unspecified atom stereocenters. The third kappa shape index (κ3) is 4.32. The van der Waals surface area contributed by atoms with Crippen LogP contribution >= 0.6 is 11.3 Å². The van der Waals surface area contributed by atoms with E-state index in [1.54, 1.807) is 18.3 Å². The van der Waals surface area contributed by atoms with Gasteiger partial charge in [0.25, 0.3) is 0 Å². The van der Waals surface area contributed by atoms with Gasteiger partial charge in [-0.3, -0.25) is 4.79 Å². The Bertz CT molecular complexity index is 389. The molecule has 2 heterocycles. The summed E-state index contributed by atoms with van der Waals surface area (Å²) in [6, 6.07) is 4.44. The average molecular weight is 281 g/mol. The zero-order valence-corrected chi connectivity index (χ0v) is 12.4. The Labute approximate surface area is 119 Å². The van der Waals surface area contributed by atoms with Crippen LogP contribution in [0, 0.1) is 0 Å². The Morgan fingerprint density at radius 3 is 3.16 bits per heavy atom. The maximum Gasteiger partial charge on any atom is 0.222 e. The van der Waals surface area contributed by atoms with E-state index in [0.717, 1.165) is 38.6 Å². The molecular formula is C15H23NO2S. The lowest BCUT2D eigenvalue weighted by atomic mass is 10.1. The van der Waals surface area contributed by atoms with E-state index < -0.39 is 0 Å². The van der Waals surface area contributed by atoms with Gasteiger partial charge in [0.15, 0.2) is 0 Å². The van der Waals surface area contributed by atoms with Crippen molar-refractivity contribution in [1.29, 1.82) is 0 Å². The van der Waals surface area contributed by atoms with E-state index in [4.69, 9.17) is 0 Å². The molecule has 0 bridgehead atoms. The SMILES string of the molecule is CC(O)CC1CCCN1C(=O)CCCc1cccs1. The molecule has 0 aliphatic carbocycles. The molecule has 1 aliphatic rings. The minimum absolute atomic E-state index is 0.259. The molecule has 0 saturated carbocycles. The fraction of sp³-hybridized carbons (Fsp3) is 0.667. The maximum absolute atomic E-state index is 12.2. The largest absolute Gasteiger partial charge is 0.393 e. The summed E-state index contributed by atoms with van der Waals surface area (Å²) in [5.41, 5.74) is 0. The Morgan fingerprint density at radius 2 is 2.47 bits per heavy atom. The summed E-state index contributed by atoms with van der Waals surface area (Å²) in [5.74, 6) is 0.264. The van der Waals surface area contributed by atoms with Crippen molar-refractivity contribution in [3.05, 3.63) is 22.4 Å². The van der Waals surface area contributed by atoms with Gasteiger partial charge in [0, 0.05) is 23.9 Å². The molecule has 19 heavy (non-hydrogen) atoms. The summed E-state index contributed by atoms with van der Waals surface area (Å²) in [5, 5.41) is 11.6. The molecule has 0 aromatic carbocycles. The number of nitrogens with zero attached hydrogens (tertiary/aromatic N) is 1. The van der Waals surface area contributed by atoms with E-state index in [-0.39, 0.29) is 18.1 Å². The van der Waals surface area contributed by atoms with Crippen LogP contribution in [-0.2, 0) is 11.2 Å². The minimum atomic E-state index is -0.315. The molecule has 0 radical (unpaired) electrons. The van der Waals surface area contributed by atoms with Crippen molar-refractivity contribution in [2.75, 3.05) is 6.54 Å². The minimum Gasteiger partial charge on any atom is -0.393 e. The summed E-state index contributed by atoms with van der Waals surface area (Å²) >= 11 is 1.76. The maximum atomic E-state index is 12.2. The predicted octanol–water partition coefficient (Wildman–Crippen LogP) is 2.83. The first-order valence-electron chi connectivity index (χ1n) is 7.16. The highest BCUT2D eigenvalue weighted by molar-refractivity contribution is 7.09. The zero-order chi connectivity index (χ0) is 13.7. The summed E-state index contributed by atoms with van der Waals surface area (Å²) in [4.78, 5) is 15.6. The fourth-order valence-corrected chi connectivity index (χ4v) is 3.57. The second-order valence-electron chi connectivity index (χ2n) is 5.40. The molecule has 1 amide bonds. The van der Waals surface area contributed by atoms with E-state index >= 15 is 0 Å². The van der Waals surface area contributed by atoms with Crippen LogP contribution < -0.4 is 0 Å². The number of amides is 1. The number of likely N-dealkylation sites (tertiary alicyclic amines) is 1. The molecule has 2 rings (SSSR count). The number of aliphatic hydroxyl groups is 1. The van der Waals surface area contributed by atoms with Crippen LogP contribution in [0.5, 0.6) is 0 Å². The Balaban J connectivity index is 1.75. The smallest absolute Gasteiger partial charge is 0.222 e. The van der Waals surface area contributed by atoms with Gasteiger partial charge in [0.1, 0.15) is 0 Å². The predicted molar refractivity (Wildman–Crippen MR) is 78.3 cm³/mol. The molecule has 0 spiro atoms. The number of carbonyl (C=O) groups is 1. The Kier molecular flexibility index (Phi) is 5.40. The number of hydrogen-bond acceptors (Lipinski definition) is 3. The monoisotopic (exact) mass is 281 g/mol.